The summed E-state index contributed by atoms with van der Waals surface area (Å²) in [5.74, 6) is 1.09. The molecule has 0 saturated carbocycles. The van der Waals surface area contributed by atoms with Crippen molar-refractivity contribution in [3.63, 3.8) is 0 Å². The van der Waals surface area contributed by atoms with Crippen LogP contribution in [-0.4, -0.2) is 22.5 Å². The zero-order valence-corrected chi connectivity index (χ0v) is 6.19. The molecule has 4 heteroatoms. The van der Waals surface area contributed by atoms with Crippen LogP contribution in [0.4, 0.5) is 5.69 Å². The van der Waals surface area contributed by atoms with E-state index < -0.39 is 0 Å². The van der Waals surface area contributed by atoms with E-state index in [1.807, 2.05) is 6.07 Å². The number of nitrogens with zero attached hydrogens (tertiary/aromatic N) is 2. The van der Waals surface area contributed by atoms with E-state index in [1.54, 1.807) is 18.0 Å². The number of hydrogen-bond donors (Lipinski definition) is 1. The normalized spacial score (nSPS) is 15.6. The zero-order valence-electron chi connectivity index (χ0n) is 5.37. The van der Waals surface area contributed by atoms with Gasteiger partial charge in [0, 0.05) is 12.3 Å². The van der Waals surface area contributed by atoms with Crippen molar-refractivity contribution in [3.05, 3.63) is 12.3 Å². The maximum Gasteiger partial charge on any atom is 0.142 e. The number of hydrogen-bond acceptors (Lipinski definition) is 4. The molecule has 0 bridgehead atoms. The quantitative estimate of drug-likeness (QED) is 0.603. The maximum absolute atomic E-state index is 3.97. The van der Waals surface area contributed by atoms with Crippen molar-refractivity contribution >= 4 is 17.4 Å². The van der Waals surface area contributed by atoms with Crippen LogP contribution in [0.2, 0.25) is 0 Å². The Morgan fingerprint density at radius 3 is 3.50 bits per heavy atom. The van der Waals surface area contributed by atoms with E-state index in [4.69, 9.17) is 0 Å². The van der Waals surface area contributed by atoms with Crippen molar-refractivity contribution in [1.29, 1.82) is 0 Å². The fourth-order valence-corrected chi connectivity index (χ4v) is 1.69. The molecule has 1 N–H and O–H groups in total. The zero-order chi connectivity index (χ0) is 6.81. The summed E-state index contributed by atoms with van der Waals surface area (Å²) in [6.45, 7) is 1.03. The first-order chi connectivity index (χ1) is 4.97. The molecule has 10 heavy (non-hydrogen) atoms. The smallest absolute Gasteiger partial charge is 0.142 e. The molecule has 0 atom stereocenters. The average Bonchev–Trinajstić information content (AvgIpc) is 2.05. The number of anilines is 1. The second-order valence-corrected chi connectivity index (χ2v) is 3.11. The molecule has 0 fully saturated rings. The SMILES string of the molecule is c1cc2c(nn1)SCCN2. The van der Waals surface area contributed by atoms with Gasteiger partial charge in [0.2, 0.25) is 0 Å². The van der Waals surface area contributed by atoms with Crippen molar-refractivity contribution in [2.45, 2.75) is 5.03 Å². The van der Waals surface area contributed by atoms with E-state index in [9.17, 15) is 0 Å². The molecule has 1 aliphatic heterocycles. The first-order valence-electron chi connectivity index (χ1n) is 3.15. The minimum absolute atomic E-state index is 1.02. The minimum Gasteiger partial charge on any atom is -0.382 e. The molecule has 0 saturated heterocycles. The summed E-state index contributed by atoms with van der Waals surface area (Å²) in [6.07, 6.45) is 1.71. The molecule has 0 aromatic carbocycles. The topological polar surface area (TPSA) is 37.8 Å². The largest absolute Gasteiger partial charge is 0.382 e. The van der Waals surface area contributed by atoms with E-state index in [1.165, 1.54) is 0 Å². The van der Waals surface area contributed by atoms with Crippen molar-refractivity contribution < 1.29 is 0 Å². The molecular formula is C6H7N3S. The second kappa shape index (κ2) is 2.46. The summed E-state index contributed by atoms with van der Waals surface area (Å²) in [5.41, 5.74) is 1.12. The predicted octanol–water partition coefficient (Wildman–Crippen LogP) is 0.994. The molecular weight excluding hydrogens is 146 g/mol. The van der Waals surface area contributed by atoms with Gasteiger partial charge in [-0.25, -0.2) is 0 Å². The minimum atomic E-state index is 1.02. The summed E-state index contributed by atoms with van der Waals surface area (Å²) in [6, 6.07) is 1.95. The van der Waals surface area contributed by atoms with Crippen molar-refractivity contribution in [2.75, 3.05) is 17.6 Å². The third-order valence-electron chi connectivity index (χ3n) is 1.34. The van der Waals surface area contributed by atoms with Gasteiger partial charge in [-0.15, -0.1) is 16.9 Å². The lowest BCUT2D eigenvalue weighted by molar-refractivity contribution is 0.917. The maximum atomic E-state index is 3.97. The lowest BCUT2D eigenvalue weighted by Gasteiger charge is -2.13. The Hall–Kier alpha value is -0.770. The Bertz CT molecular complexity index is 213. The molecule has 52 valence electrons. The van der Waals surface area contributed by atoms with Crippen molar-refractivity contribution in [1.82, 2.24) is 10.2 Å². The molecule has 1 aliphatic rings. The van der Waals surface area contributed by atoms with Gasteiger partial charge in [0.05, 0.1) is 11.9 Å². The fourth-order valence-electron chi connectivity index (χ4n) is 0.893. The molecule has 0 amide bonds. The highest BCUT2D eigenvalue weighted by Gasteiger charge is 2.08. The van der Waals surface area contributed by atoms with E-state index in [2.05, 4.69) is 15.5 Å². The van der Waals surface area contributed by atoms with Gasteiger partial charge in [-0.3, -0.25) is 0 Å². The third-order valence-corrected chi connectivity index (χ3v) is 2.33. The lowest BCUT2D eigenvalue weighted by Crippen LogP contribution is -2.11. The highest BCUT2D eigenvalue weighted by Crippen LogP contribution is 2.26. The van der Waals surface area contributed by atoms with E-state index in [0.29, 0.717) is 0 Å². The van der Waals surface area contributed by atoms with Gasteiger partial charge in [0.15, 0.2) is 0 Å². The molecule has 2 rings (SSSR count). The van der Waals surface area contributed by atoms with Crippen molar-refractivity contribution in [2.24, 2.45) is 0 Å². The van der Waals surface area contributed by atoms with Gasteiger partial charge in [-0.1, -0.05) is 0 Å². The summed E-state index contributed by atoms with van der Waals surface area (Å²) in [4.78, 5) is 0. The Morgan fingerprint density at radius 2 is 2.60 bits per heavy atom. The Balaban J connectivity index is 2.41. The van der Waals surface area contributed by atoms with Crippen LogP contribution >= 0.6 is 11.8 Å². The number of thioether (sulfide) groups is 1. The third kappa shape index (κ3) is 0.945. The van der Waals surface area contributed by atoms with Gasteiger partial charge < -0.3 is 5.32 Å². The average molecular weight is 153 g/mol. The molecule has 1 aromatic heterocycles. The number of rotatable bonds is 0. The molecule has 0 aliphatic carbocycles. The van der Waals surface area contributed by atoms with Gasteiger partial charge in [0.1, 0.15) is 5.03 Å². The molecule has 0 spiro atoms. The van der Waals surface area contributed by atoms with Crippen LogP contribution in [0.5, 0.6) is 0 Å². The van der Waals surface area contributed by atoms with E-state index in [-0.39, 0.29) is 0 Å². The second-order valence-electron chi connectivity index (χ2n) is 2.03. The van der Waals surface area contributed by atoms with Gasteiger partial charge in [0.25, 0.3) is 0 Å². The lowest BCUT2D eigenvalue weighted by atomic mass is 10.4. The Morgan fingerprint density at radius 1 is 1.60 bits per heavy atom. The fraction of sp³-hybridized carbons (Fsp3) is 0.333. The number of fused-ring (bicyclic) bond motifs is 1. The molecule has 2 heterocycles. The predicted molar refractivity (Wildman–Crippen MR) is 41.2 cm³/mol. The molecule has 0 radical (unpaired) electrons. The summed E-state index contributed by atoms with van der Waals surface area (Å²) in [7, 11) is 0. The Labute approximate surface area is 63.2 Å². The Kier molecular flexibility index (Phi) is 1.47. The van der Waals surface area contributed by atoms with Crippen LogP contribution in [0.3, 0.4) is 0 Å². The van der Waals surface area contributed by atoms with Crippen LogP contribution in [0.1, 0.15) is 0 Å². The number of nitrogens with one attached hydrogen (secondary N) is 1. The van der Waals surface area contributed by atoms with Gasteiger partial charge in [-0.05, 0) is 6.07 Å². The summed E-state index contributed by atoms with van der Waals surface area (Å²) >= 11 is 1.75. The van der Waals surface area contributed by atoms with Crippen LogP contribution in [0.25, 0.3) is 0 Å². The first kappa shape index (κ1) is 5.97. The molecule has 1 aromatic rings. The van der Waals surface area contributed by atoms with Crippen LogP contribution < -0.4 is 5.32 Å². The van der Waals surface area contributed by atoms with Crippen LogP contribution in [-0.2, 0) is 0 Å². The van der Waals surface area contributed by atoms with Gasteiger partial charge in [-0.2, -0.15) is 5.10 Å². The first-order valence-corrected chi connectivity index (χ1v) is 4.14. The van der Waals surface area contributed by atoms with E-state index >= 15 is 0 Å². The van der Waals surface area contributed by atoms with E-state index in [0.717, 1.165) is 23.0 Å². The monoisotopic (exact) mass is 153 g/mol. The standard InChI is InChI=1S/C6H7N3S/c1-2-8-9-6-5(1)7-3-4-10-6/h1-2,7H,3-4H2. The summed E-state index contributed by atoms with van der Waals surface area (Å²) < 4.78 is 0. The highest BCUT2D eigenvalue weighted by atomic mass is 32.2. The summed E-state index contributed by atoms with van der Waals surface area (Å²) in [5, 5.41) is 12.0. The molecule has 3 nitrogen and oxygen atoms in total. The van der Waals surface area contributed by atoms with Crippen LogP contribution in [0, 0.1) is 0 Å². The highest BCUT2D eigenvalue weighted by molar-refractivity contribution is 7.99. The van der Waals surface area contributed by atoms with Crippen LogP contribution in [0.15, 0.2) is 17.3 Å². The van der Waals surface area contributed by atoms with Gasteiger partial charge >= 0.3 is 0 Å². The molecule has 0 unspecified atom stereocenters. The van der Waals surface area contributed by atoms with Crippen molar-refractivity contribution in [3.8, 4) is 0 Å². The number of aromatic nitrogens is 2.